The molecular weight excluding hydrogens is 323 g/mol. The SMILES string of the molecule is O=C(O)Cc1c[nH]c(=O)c(I)c1C(F)F. The average Bonchev–Trinajstić information content (AvgIpc) is 2.10. The Hall–Kier alpha value is -0.990. The van der Waals surface area contributed by atoms with Crippen molar-refractivity contribution in [2.75, 3.05) is 0 Å². The smallest absolute Gasteiger partial charge is 0.307 e. The summed E-state index contributed by atoms with van der Waals surface area (Å²) in [6.07, 6.45) is -2.37. The molecule has 0 amide bonds. The summed E-state index contributed by atoms with van der Waals surface area (Å²) in [5, 5.41) is 8.49. The molecule has 1 heterocycles. The van der Waals surface area contributed by atoms with Crippen LogP contribution in [-0.4, -0.2) is 16.1 Å². The number of aromatic nitrogens is 1. The molecule has 1 rings (SSSR count). The zero-order valence-electron chi connectivity index (χ0n) is 7.26. The minimum absolute atomic E-state index is 0.0681. The number of aromatic amines is 1. The predicted octanol–water partition coefficient (Wildman–Crippen LogP) is 1.54. The third-order valence-corrected chi connectivity index (χ3v) is 2.79. The Morgan fingerprint density at radius 3 is 2.67 bits per heavy atom. The van der Waals surface area contributed by atoms with E-state index in [4.69, 9.17) is 5.11 Å². The topological polar surface area (TPSA) is 70.2 Å². The van der Waals surface area contributed by atoms with Crippen LogP contribution in [0.2, 0.25) is 0 Å². The number of carboxylic acids is 1. The van der Waals surface area contributed by atoms with Gasteiger partial charge < -0.3 is 10.1 Å². The van der Waals surface area contributed by atoms with Crippen molar-refractivity contribution in [1.82, 2.24) is 4.98 Å². The number of rotatable bonds is 3. The largest absolute Gasteiger partial charge is 0.481 e. The van der Waals surface area contributed by atoms with E-state index in [2.05, 4.69) is 4.98 Å². The number of carboxylic acid groups (broad SMARTS) is 1. The van der Waals surface area contributed by atoms with Crippen molar-refractivity contribution in [2.45, 2.75) is 12.8 Å². The number of pyridine rings is 1. The van der Waals surface area contributed by atoms with Gasteiger partial charge in [0.15, 0.2) is 0 Å². The highest BCUT2D eigenvalue weighted by atomic mass is 127. The number of carbonyl (C=O) groups is 1. The van der Waals surface area contributed by atoms with E-state index in [-0.39, 0.29) is 9.13 Å². The molecule has 82 valence electrons. The molecular formula is C8H6F2INO3. The van der Waals surface area contributed by atoms with E-state index in [1.165, 1.54) is 22.6 Å². The lowest BCUT2D eigenvalue weighted by Crippen LogP contribution is -2.16. The Kier molecular flexibility index (Phi) is 3.77. The normalized spacial score (nSPS) is 10.7. The van der Waals surface area contributed by atoms with Gasteiger partial charge in [-0.25, -0.2) is 8.78 Å². The van der Waals surface area contributed by atoms with Crippen LogP contribution in [0, 0.1) is 3.57 Å². The monoisotopic (exact) mass is 329 g/mol. The third kappa shape index (κ3) is 2.74. The van der Waals surface area contributed by atoms with Crippen LogP contribution in [0.15, 0.2) is 11.0 Å². The van der Waals surface area contributed by atoms with Crippen molar-refractivity contribution in [2.24, 2.45) is 0 Å². The number of hydrogen-bond acceptors (Lipinski definition) is 2. The molecule has 7 heteroatoms. The summed E-state index contributed by atoms with van der Waals surface area (Å²) in [7, 11) is 0. The molecule has 0 atom stereocenters. The number of hydrogen-bond donors (Lipinski definition) is 2. The van der Waals surface area contributed by atoms with Gasteiger partial charge in [0, 0.05) is 11.8 Å². The van der Waals surface area contributed by atoms with Gasteiger partial charge in [0.2, 0.25) is 0 Å². The summed E-state index contributed by atoms with van der Waals surface area (Å²) in [4.78, 5) is 23.6. The van der Waals surface area contributed by atoms with E-state index in [1.54, 1.807) is 0 Å². The molecule has 0 saturated carbocycles. The van der Waals surface area contributed by atoms with Gasteiger partial charge in [-0.1, -0.05) is 0 Å². The molecule has 2 N–H and O–H groups in total. The molecule has 0 aromatic carbocycles. The minimum Gasteiger partial charge on any atom is -0.481 e. The van der Waals surface area contributed by atoms with Crippen LogP contribution in [0.5, 0.6) is 0 Å². The summed E-state index contributed by atoms with van der Waals surface area (Å²) in [5.41, 5.74) is -1.21. The number of nitrogens with one attached hydrogen (secondary N) is 1. The van der Waals surface area contributed by atoms with Crippen molar-refractivity contribution in [3.63, 3.8) is 0 Å². The van der Waals surface area contributed by atoms with Crippen LogP contribution >= 0.6 is 22.6 Å². The fourth-order valence-corrected chi connectivity index (χ4v) is 1.84. The van der Waals surface area contributed by atoms with Crippen LogP contribution in [0.25, 0.3) is 0 Å². The van der Waals surface area contributed by atoms with Crippen molar-refractivity contribution >= 4 is 28.6 Å². The van der Waals surface area contributed by atoms with E-state index >= 15 is 0 Å². The van der Waals surface area contributed by atoms with Gasteiger partial charge in [-0.2, -0.15) is 0 Å². The van der Waals surface area contributed by atoms with Gasteiger partial charge in [0.05, 0.1) is 9.99 Å². The number of aliphatic carboxylic acids is 1. The first kappa shape index (κ1) is 12.1. The van der Waals surface area contributed by atoms with Gasteiger partial charge >= 0.3 is 5.97 Å². The van der Waals surface area contributed by atoms with Gasteiger partial charge in [0.1, 0.15) is 0 Å². The second-order valence-electron chi connectivity index (χ2n) is 2.74. The quantitative estimate of drug-likeness (QED) is 0.827. The van der Waals surface area contributed by atoms with Crippen LogP contribution in [-0.2, 0) is 11.2 Å². The van der Waals surface area contributed by atoms with E-state index in [0.29, 0.717) is 0 Å². The number of alkyl halides is 2. The molecule has 0 spiro atoms. The Bertz CT molecular complexity index is 444. The fourth-order valence-electron chi connectivity index (χ4n) is 1.10. The summed E-state index contributed by atoms with van der Waals surface area (Å²) < 4.78 is 25.0. The molecule has 0 bridgehead atoms. The van der Waals surface area contributed by atoms with Gasteiger partial charge in [-0.15, -0.1) is 0 Å². The van der Waals surface area contributed by atoms with E-state index in [1.807, 2.05) is 0 Å². The molecule has 0 radical (unpaired) electrons. The zero-order chi connectivity index (χ0) is 11.6. The van der Waals surface area contributed by atoms with Crippen LogP contribution in [0.4, 0.5) is 8.78 Å². The average molecular weight is 329 g/mol. The van der Waals surface area contributed by atoms with Crippen LogP contribution in [0.3, 0.4) is 0 Å². The summed E-state index contributed by atoms with van der Waals surface area (Å²) in [6, 6.07) is 0. The maximum absolute atomic E-state index is 12.6. The Labute approximate surface area is 96.5 Å². The molecule has 0 saturated heterocycles. The summed E-state index contributed by atoms with van der Waals surface area (Å²) >= 11 is 1.48. The molecule has 15 heavy (non-hydrogen) atoms. The standard InChI is InChI=1S/C8H6F2INO3/c9-7(10)5-3(1-4(13)14)2-12-8(15)6(5)11/h2,7H,1H2,(H,12,15)(H,13,14). The van der Waals surface area contributed by atoms with E-state index < -0.39 is 29.9 Å². The predicted molar refractivity (Wildman–Crippen MR) is 56.1 cm³/mol. The highest BCUT2D eigenvalue weighted by molar-refractivity contribution is 14.1. The van der Waals surface area contributed by atoms with Gasteiger partial charge in [-0.05, 0) is 28.2 Å². The first-order valence-corrected chi connectivity index (χ1v) is 4.91. The lowest BCUT2D eigenvalue weighted by Gasteiger charge is -2.07. The molecule has 1 aromatic heterocycles. The van der Waals surface area contributed by atoms with E-state index in [0.717, 1.165) is 6.20 Å². The molecule has 0 aliphatic carbocycles. The van der Waals surface area contributed by atoms with Crippen molar-refractivity contribution in [3.05, 3.63) is 31.2 Å². The molecule has 0 aliphatic heterocycles. The minimum atomic E-state index is -2.85. The Morgan fingerprint density at radius 1 is 1.60 bits per heavy atom. The highest BCUT2D eigenvalue weighted by Crippen LogP contribution is 2.25. The molecule has 1 aromatic rings. The lowest BCUT2D eigenvalue weighted by atomic mass is 10.1. The Morgan fingerprint density at radius 2 is 2.20 bits per heavy atom. The second-order valence-corrected chi connectivity index (χ2v) is 3.82. The fraction of sp³-hybridized carbons (Fsp3) is 0.250. The van der Waals surface area contributed by atoms with Gasteiger partial charge in [0.25, 0.3) is 12.0 Å². The first-order valence-electron chi connectivity index (χ1n) is 3.83. The lowest BCUT2D eigenvalue weighted by molar-refractivity contribution is -0.136. The van der Waals surface area contributed by atoms with Crippen molar-refractivity contribution in [3.8, 4) is 0 Å². The highest BCUT2D eigenvalue weighted by Gasteiger charge is 2.20. The van der Waals surface area contributed by atoms with Crippen LogP contribution < -0.4 is 5.56 Å². The van der Waals surface area contributed by atoms with Crippen molar-refractivity contribution < 1.29 is 18.7 Å². The molecule has 4 nitrogen and oxygen atoms in total. The second kappa shape index (κ2) is 4.69. The van der Waals surface area contributed by atoms with E-state index in [9.17, 15) is 18.4 Å². The maximum Gasteiger partial charge on any atom is 0.307 e. The molecule has 0 fully saturated rings. The maximum atomic E-state index is 12.6. The third-order valence-electron chi connectivity index (χ3n) is 1.72. The van der Waals surface area contributed by atoms with Gasteiger partial charge in [-0.3, -0.25) is 9.59 Å². The first-order chi connectivity index (χ1) is 6.93. The number of H-pyrrole nitrogens is 1. The van der Waals surface area contributed by atoms with Crippen molar-refractivity contribution in [1.29, 1.82) is 0 Å². The number of halogens is 3. The summed E-state index contributed by atoms with van der Waals surface area (Å²) in [5.74, 6) is -1.22. The molecule has 0 unspecified atom stereocenters. The summed E-state index contributed by atoms with van der Waals surface area (Å²) in [6.45, 7) is 0. The zero-order valence-corrected chi connectivity index (χ0v) is 9.42. The molecule has 0 aliphatic rings. The Balaban J connectivity index is 3.33. The van der Waals surface area contributed by atoms with Crippen LogP contribution in [0.1, 0.15) is 17.6 Å².